The molecule has 0 aromatic heterocycles. The Morgan fingerprint density at radius 2 is 1.74 bits per heavy atom. The standard InChI is InChI=1S/C16H17NO2/c1-11-6-3-4-8-13(11)10-19-16(18)14-9-5-7-12(2)15(14)17/h3-9H,10,17H2,1-2H3. The van der Waals surface area contributed by atoms with Crippen LogP contribution in [0.25, 0.3) is 0 Å². The van der Waals surface area contributed by atoms with Crippen LogP contribution in [-0.4, -0.2) is 5.97 Å². The molecular formula is C16H17NO2. The Morgan fingerprint density at radius 1 is 1.05 bits per heavy atom. The molecule has 0 aliphatic carbocycles. The maximum Gasteiger partial charge on any atom is 0.340 e. The van der Waals surface area contributed by atoms with Gasteiger partial charge in [-0.15, -0.1) is 0 Å². The van der Waals surface area contributed by atoms with Crippen LogP contribution in [0.15, 0.2) is 42.5 Å². The quantitative estimate of drug-likeness (QED) is 0.676. The average Bonchev–Trinajstić information content (AvgIpc) is 2.40. The predicted molar refractivity (Wildman–Crippen MR) is 75.9 cm³/mol. The van der Waals surface area contributed by atoms with Crippen LogP contribution in [0.4, 0.5) is 5.69 Å². The summed E-state index contributed by atoms with van der Waals surface area (Å²) in [6.07, 6.45) is 0. The number of benzene rings is 2. The first kappa shape index (κ1) is 13.1. The Kier molecular flexibility index (Phi) is 3.85. The maximum absolute atomic E-state index is 12.0. The van der Waals surface area contributed by atoms with Crippen molar-refractivity contribution in [1.29, 1.82) is 0 Å². The molecule has 0 spiro atoms. The molecule has 98 valence electrons. The van der Waals surface area contributed by atoms with E-state index in [9.17, 15) is 4.79 Å². The zero-order valence-corrected chi connectivity index (χ0v) is 11.1. The van der Waals surface area contributed by atoms with Crippen LogP contribution in [0.5, 0.6) is 0 Å². The first-order valence-corrected chi connectivity index (χ1v) is 6.16. The molecule has 2 N–H and O–H groups in total. The highest BCUT2D eigenvalue weighted by Gasteiger charge is 2.12. The number of anilines is 1. The molecule has 0 atom stereocenters. The van der Waals surface area contributed by atoms with Gasteiger partial charge in [0, 0.05) is 5.69 Å². The summed E-state index contributed by atoms with van der Waals surface area (Å²) in [7, 11) is 0. The van der Waals surface area contributed by atoms with Crippen molar-refractivity contribution in [3.63, 3.8) is 0 Å². The van der Waals surface area contributed by atoms with Crippen LogP contribution in [0.1, 0.15) is 27.0 Å². The van der Waals surface area contributed by atoms with Crippen LogP contribution in [0.3, 0.4) is 0 Å². The highest BCUT2D eigenvalue weighted by atomic mass is 16.5. The topological polar surface area (TPSA) is 52.3 Å². The highest BCUT2D eigenvalue weighted by molar-refractivity contribution is 5.95. The maximum atomic E-state index is 12.0. The van der Waals surface area contributed by atoms with E-state index in [0.717, 1.165) is 16.7 Å². The molecule has 3 heteroatoms. The van der Waals surface area contributed by atoms with Crippen LogP contribution in [0, 0.1) is 13.8 Å². The summed E-state index contributed by atoms with van der Waals surface area (Å²) in [5.41, 5.74) is 9.78. The fraction of sp³-hybridized carbons (Fsp3) is 0.188. The van der Waals surface area contributed by atoms with E-state index in [-0.39, 0.29) is 12.6 Å². The average molecular weight is 255 g/mol. The van der Waals surface area contributed by atoms with Crippen LogP contribution in [-0.2, 0) is 11.3 Å². The Bertz CT molecular complexity index is 605. The van der Waals surface area contributed by atoms with E-state index in [0.29, 0.717) is 11.3 Å². The van der Waals surface area contributed by atoms with Crippen molar-refractivity contribution in [3.8, 4) is 0 Å². The number of esters is 1. The van der Waals surface area contributed by atoms with E-state index in [1.54, 1.807) is 12.1 Å². The monoisotopic (exact) mass is 255 g/mol. The third kappa shape index (κ3) is 2.94. The molecule has 0 aliphatic rings. The van der Waals surface area contributed by atoms with Gasteiger partial charge in [-0.05, 0) is 36.6 Å². The zero-order valence-electron chi connectivity index (χ0n) is 11.1. The van der Waals surface area contributed by atoms with Gasteiger partial charge < -0.3 is 10.5 Å². The molecule has 0 saturated heterocycles. The van der Waals surface area contributed by atoms with Gasteiger partial charge in [0.1, 0.15) is 6.61 Å². The molecule has 0 heterocycles. The molecule has 0 fully saturated rings. The first-order valence-electron chi connectivity index (χ1n) is 6.16. The minimum absolute atomic E-state index is 0.263. The number of carbonyl (C=O) groups is 1. The SMILES string of the molecule is Cc1ccccc1COC(=O)c1cccc(C)c1N. The highest BCUT2D eigenvalue weighted by Crippen LogP contribution is 2.18. The number of rotatable bonds is 3. The summed E-state index contributed by atoms with van der Waals surface area (Å²) in [6, 6.07) is 13.2. The van der Waals surface area contributed by atoms with Gasteiger partial charge >= 0.3 is 5.97 Å². The Hall–Kier alpha value is -2.29. The molecule has 0 radical (unpaired) electrons. The van der Waals surface area contributed by atoms with Crippen molar-refractivity contribution in [1.82, 2.24) is 0 Å². The van der Waals surface area contributed by atoms with Crippen LogP contribution >= 0.6 is 0 Å². The minimum Gasteiger partial charge on any atom is -0.457 e. The molecule has 0 aliphatic heterocycles. The largest absolute Gasteiger partial charge is 0.457 e. The van der Waals surface area contributed by atoms with Crippen molar-refractivity contribution in [2.45, 2.75) is 20.5 Å². The number of nitrogens with two attached hydrogens (primary N) is 1. The molecule has 19 heavy (non-hydrogen) atoms. The third-order valence-corrected chi connectivity index (χ3v) is 3.16. The lowest BCUT2D eigenvalue weighted by atomic mass is 10.1. The molecule has 3 nitrogen and oxygen atoms in total. The molecule has 0 unspecified atom stereocenters. The van der Waals surface area contributed by atoms with E-state index in [1.807, 2.05) is 44.2 Å². The third-order valence-electron chi connectivity index (χ3n) is 3.16. The van der Waals surface area contributed by atoms with Crippen LogP contribution in [0.2, 0.25) is 0 Å². The fourth-order valence-electron chi connectivity index (χ4n) is 1.85. The van der Waals surface area contributed by atoms with Gasteiger partial charge in [-0.3, -0.25) is 0 Å². The summed E-state index contributed by atoms with van der Waals surface area (Å²) >= 11 is 0. The summed E-state index contributed by atoms with van der Waals surface area (Å²) in [6.45, 7) is 4.12. The fourth-order valence-corrected chi connectivity index (χ4v) is 1.85. The lowest BCUT2D eigenvalue weighted by Gasteiger charge is -2.10. The number of aryl methyl sites for hydroxylation is 2. The van der Waals surface area contributed by atoms with E-state index in [4.69, 9.17) is 10.5 Å². The van der Waals surface area contributed by atoms with E-state index >= 15 is 0 Å². The Labute approximate surface area is 113 Å². The number of nitrogen functional groups attached to an aromatic ring is 1. The lowest BCUT2D eigenvalue weighted by Crippen LogP contribution is -2.09. The molecule has 2 rings (SSSR count). The van der Waals surface area contributed by atoms with Gasteiger partial charge in [0.15, 0.2) is 0 Å². The lowest BCUT2D eigenvalue weighted by molar-refractivity contribution is 0.0473. The summed E-state index contributed by atoms with van der Waals surface area (Å²) in [5.74, 6) is -0.385. The number of ether oxygens (including phenoxy) is 1. The van der Waals surface area contributed by atoms with Crippen molar-refractivity contribution in [3.05, 3.63) is 64.7 Å². The Balaban J connectivity index is 2.10. The second kappa shape index (κ2) is 5.57. The summed E-state index contributed by atoms with van der Waals surface area (Å²) in [4.78, 5) is 12.0. The van der Waals surface area contributed by atoms with Gasteiger partial charge in [0.05, 0.1) is 5.56 Å². The Morgan fingerprint density at radius 3 is 2.47 bits per heavy atom. The number of para-hydroxylation sites is 1. The normalized spacial score (nSPS) is 10.2. The molecule has 2 aromatic carbocycles. The molecule has 0 bridgehead atoms. The van der Waals surface area contributed by atoms with Crippen molar-refractivity contribution >= 4 is 11.7 Å². The van der Waals surface area contributed by atoms with E-state index in [2.05, 4.69) is 0 Å². The summed E-state index contributed by atoms with van der Waals surface area (Å²) < 4.78 is 5.31. The molecule has 0 saturated carbocycles. The van der Waals surface area contributed by atoms with Gasteiger partial charge in [-0.1, -0.05) is 36.4 Å². The van der Waals surface area contributed by atoms with Crippen molar-refractivity contribution in [2.75, 3.05) is 5.73 Å². The zero-order chi connectivity index (χ0) is 13.8. The molecule has 0 amide bonds. The van der Waals surface area contributed by atoms with Crippen molar-refractivity contribution in [2.24, 2.45) is 0 Å². The smallest absolute Gasteiger partial charge is 0.340 e. The summed E-state index contributed by atoms with van der Waals surface area (Å²) in [5, 5.41) is 0. The number of carbonyl (C=O) groups excluding carboxylic acids is 1. The second-order valence-electron chi connectivity index (χ2n) is 4.54. The predicted octanol–water partition coefficient (Wildman–Crippen LogP) is 3.24. The first-order chi connectivity index (χ1) is 9.09. The van der Waals surface area contributed by atoms with E-state index < -0.39 is 0 Å². The minimum atomic E-state index is -0.385. The second-order valence-corrected chi connectivity index (χ2v) is 4.54. The van der Waals surface area contributed by atoms with Gasteiger partial charge in [-0.25, -0.2) is 4.79 Å². The number of hydrogen-bond donors (Lipinski definition) is 1. The van der Waals surface area contributed by atoms with Gasteiger partial charge in [-0.2, -0.15) is 0 Å². The molecule has 2 aromatic rings. The molecular weight excluding hydrogens is 238 g/mol. The van der Waals surface area contributed by atoms with E-state index in [1.165, 1.54) is 0 Å². The van der Waals surface area contributed by atoms with Gasteiger partial charge in [0.25, 0.3) is 0 Å². The number of hydrogen-bond acceptors (Lipinski definition) is 3. The van der Waals surface area contributed by atoms with Crippen LogP contribution < -0.4 is 5.73 Å². The van der Waals surface area contributed by atoms with Crippen molar-refractivity contribution < 1.29 is 9.53 Å². The van der Waals surface area contributed by atoms with Gasteiger partial charge in [0.2, 0.25) is 0 Å².